The van der Waals surface area contributed by atoms with Crippen LogP contribution in [0.1, 0.15) is 18.9 Å². The molecule has 0 saturated carbocycles. The van der Waals surface area contributed by atoms with Gasteiger partial charge in [-0.05, 0) is 32.2 Å². The molecule has 0 aliphatic carbocycles. The third-order valence-corrected chi connectivity index (χ3v) is 3.70. The van der Waals surface area contributed by atoms with Gasteiger partial charge in [-0.2, -0.15) is 0 Å². The Hall–Kier alpha value is -1.46. The molecular formula is C14H20N2O3. The van der Waals surface area contributed by atoms with E-state index in [2.05, 4.69) is 12.2 Å². The number of ether oxygens (including phenoxy) is 1. The fourth-order valence-corrected chi connectivity index (χ4v) is 2.45. The van der Waals surface area contributed by atoms with E-state index < -0.39 is 0 Å². The minimum atomic E-state index is -0.317. The zero-order valence-electron chi connectivity index (χ0n) is 11.2. The average Bonchev–Trinajstić information content (AvgIpc) is 2.80. The summed E-state index contributed by atoms with van der Waals surface area (Å²) in [5.41, 5.74) is 0.998. The maximum atomic E-state index is 10.9. The predicted octanol–water partition coefficient (Wildman–Crippen LogP) is 2.15. The summed E-state index contributed by atoms with van der Waals surface area (Å²) >= 11 is 0. The van der Waals surface area contributed by atoms with Crippen molar-refractivity contribution >= 4 is 5.69 Å². The lowest BCUT2D eigenvalue weighted by Gasteiger charge is -2.14. The van der Waals surface area contributed by atoms with Gasteiger partial charge in [-0.3, -0.25) is 10.1 Å². The Morgan fingerprint density at radius 3 is 2.95 bits per heavy atom. The highest BCUT2D eigenvalue weighted by Gasteiger charge is 2.23. The normalized spacial score (nSPS) is 22.6. The summed E-state index contributed by atoms with van der Waals surface area (Å²) in [4.78, 5) is 10.6. The molecule has 5 nitrogen and oxygen atoms in total. The second kappa shape index (κ2) is 6.63. The summed E-state index contributed by atoms with van der Waals surface area (Å²) in [6, 6.07) is 6.92. The third-order valence-electron chi connectivity index (χ3n) is 3.70. The van der Waals surface area contributed by atoms with Crippen molar-refractivity contribution in [2.24, 2.45) is 5.92 Å². The molecule has 1 heterocycles. The van der Waals surface area contributed by atoms with Gasteiger partial charge in [0.2, 0.25) is 0 Å². The summed E-state index contributed by atoms with van der Waals surface area (Å²) < 4.78 is 5.50. The number of nitrogens with zero attached hydrogens (tertiary/aromatic N) is 1. The highest BCUT2D eigenvalue weighted by molar-refractivity contribution is 5.39. The van der Waals surface area contributed by atoms with Crippen molar-refractivity contribution in [1.82, 2.24) is 5.32 Å². The Balaban J connectivity index is 1.78. The van der Waals surface area contributed by atoms with Gasteiger partial charge < -0.3 is 10.1 Å². The zero-order chi connectivity index (χ0) is 13.7. The Bertz CT molecular complexity index is 436. The molecule has 19 heavy (non-hydrogen) atoms. The van der Waals surface area contributed by atoms with Gasteiger partial charge in [0.1, 0.15) is 0 Å². The van der Waals surface area contributed by atoms with Crippen LogP contribution in [0.3, 0.4) is 0 Å². The molecule has 2 unspecified atom stereocenters. The third kappa shape index (κ3) is 3.75. The molecule has 1 saturated heterocycles. The largest absolute Gasteiger partial charge is 0.378 e. The number of benzene rings is 1. The van der Waals surface area contributed by atoms with Gasteiger partial charge in [0.25, 0.3) is 5.69 Å². The van der Waals surface area contributed by atoms with Crippen molar-refractivity contribution in [2.45, 2.75) is 25.9 Å². The van der Waals surface area contributed by atoms with E-state index in [9.17, 15) is 10.1 Å². The first-order valence-electron chi connectivity index (χ1n) is 6.73. The summed E-state index contributed by atoms with van der Waals surface area (Å²) in [6.07, 6.45) is 2.09. The summed E-state index contributed by atoms with van der Waals surface area (Å²) in [7, 11) is 0. The van der Waals surface area contributed by atoms with Crippen LogP contribution < -0.4 is 5.32 Å². The molecule has 1 aliphatic rings. The van der Waals surface area contributed by atoms with Crippen LogP contribution >= 0.6 is 0 Å². The quantitative estimate of drug-likeness (QED) is 0.486. The number of nitro benzene ring substituents is 1. The number of hydrogen-bond acceptors (Lipinski definition) is 4. The van der Waals surface area contributed by atoms with E-state index in [1.54, 1.807) is 12.1 Å². The summed E-state index contributed by atoms with van der Waals surface area (Å²) in [5, 5.41) is 14.2. The lowest BCUT2D eigenvalue weighted by Crippen LogP contribution is -2.28. The topological polar surface area (TPSA) is 64.4 Å². The van der Waals surface area contributed by atoms with E-state index in [4.69, 9.17) is 4.74 Å². The zero-order valence-corrected chi connectivity index (χ0v) is 11.2. The van der Waals surface area contributed by atoms with Crippen LogP contribution in [0.15, 0.2) is 24.3 Å². The summed E-state index contributed by atoms with van der Waals surface area (Å²) in [6.45, 7) is 4.62. The molecule has 5 heteroatoms. The van der Waals surface area contributed by atoms with Crippen molar-refractivity contribution in [1.29, 1.82) is 0 Å². The molecule has 0 amide bonds. The number of hydrogen-bond donors (Lipinski definition) is 1. The molecule has 1 aliphatic heterocycles. The number of nitro groups is 1. The van der Waals surface area contributed by atoms with Crippen LogP contribution in [0.25, 0.3) is 0 Å². The molecule has 0 bridgehead atoms. The highest BCUT2D eigenvalue weighted by atomic mass is 16.6. The Kier molecular flexibility index (Phi) is 4.87. The maximum absolute atomic E-state index is 10.9. The number of nitrogens with one attached hydrogen (secondary N) is 1. The van der Waals surface area contributed by atoms with Crippen molar-refractivity contribution in [2.75, 3.05) is 19.7 Å². The molecule has 0 aromatic heterocycles. The fraction of sp³-hybridized carbons (Fsp3) is 0.571. The standard InChI is InChI=1S/C14H20N2O3/c1-11-13(7-9-19-11)10-15-8-6-12-4-2-3-5-14(12)16(17)18/h2-5,11,13,15H,6-10H2,1H3. The van der Waals surface area contributed by atoms with Gasteiger partial charge in [-0.1, -0.05) is 18.2 Å². The van der Waals surface area contributed by atoms with E-state index >= 15 is 0 Å². The second-order valence-corrected chi connectivity index (χ2v) is 4.96. The van der Waals surface area contributed by atoms with E-state index in [0.717, 1.165) is 31.7 Å². The minimum absolute atomic E-state index is 0.210. The minimum Gasteiger partial charge on any atom is -0.378 e. The summed E-state index contributed by atoms with van der Waals surface area (Å²) in [5.74, 6) is 0.561. The first kappa shape index (κ1) is 14.0. The molecule has 1 N–H and O–H groups in total. The Morgan fingerprint density at radius 2 is 2.26 bits per heavy atom. The van der Waals surface area contributed by atoms with Crippen molar-refractivity contribution in [3.63, 3.8) is 0 Å². The van der Waals surface area contributed by atoms with E-state index in [-0.39, 0.29) is 10.6 Å². The second-order valence-electron chi connectivity index (χ2n) is 4.96. The smallest absolute Gasteiger partial charge is 0.272 e. The van der Waals surface area contributed by atoms with Crippen LogP contribution in [-0.2, 0) is 11.2 Å². The number of rotatable bonds is 6. The SMILES string of the molecule is CC1OCCC1CNCCc1ccccc1[N+](=O)[O-]. The van der Waals surface area contributed by atoms with E-state index in [0.29, 0.717) is 18.4 Å². The van der Waals surface area contributed by atoms with Gasteiger partial charge in [-0.25, -0.2) is 0 Å². The predicted molar refractivity (Wildman–Crippen MR) is 73.2 cm³/mol. The molecule has 1 fully saturated rings. The van der Waals surface area contributed by atoms with Crippen LogP contribution in [0, 0.1) is 16.0 Å². The Morgan fingerprint density at radius 1 is 1.47 bits per heavy atom. The lowest BCUT2D eigenvalue weighted by atomic mass is 10.0. The van der Waals surface area contributed by atoms with Crippen LogP contribution in [0.5, 0.6) is 0 Å². The molecule has 104 valence electrons. The average molecular weight is 264 g/mol. The molecule has 0 spiro atoms. The van der Waals surface area contributed by atoms with Crippen molar-refractivity contribution < 1.29 is 9.66 Å². The molecule has 2 atom stereocenters. The lowest BCUT2D eigenvalue weighted by molar-refractivity contribution is -0.385. The Labute approximate surface area is 113 Å². The molecule has 2 rings (SSSR count). The van der Waals surface area contributed by atoms with E-state index in [1.807, 2.05) is 12.1 Å². The fourth-order valence-electron chi connectivity index (χ4n) is 2.45. The molecule has 1 aromatic rings. The molecular weight excluding hydrogens is 244 g/mol. The van der Waals surface area contributed by atoms with E-state index in [1.165, 1.54) is 0 Å². The first-order chi connectivity index (χ1) is 9.18. The monoisotopic (exact) mass is 264 g/mol. The maximum Gasteiger partial charge on any atom is 0.272 e. The van der Waals surface area contributed by atoms with Crippen molar-refractivity contribution in [3.8, 4) is 0 Å². The van der Waals surface area contributed by atoms with Crippen molar-refractivity contribution in [3.05, 3.63) is 39.9 Å². The molecule has 1 aromatic carbocycles. The van der Waals surface area contributed by atoms with Gasteiger partial charge in [0, 0.05) is 24.8 Å². The molecule has 0 radical (unpaired) electrons. The van der Waals surface area contributed by atoms with Crippen LogP contribution in [0.4, 0.5) is 5.69 Å². The number of para-hydroxylation sites is 1. The van der Waals surface area contributed by atoms with Gasteiger partial charge in [0.05, 0.1) is 11.0 Å². The van der Waals surface area contributed by atoms with Gasteiger partial charge in [0.15, 0.2) is 0 Å². The van der Waals surface area contributed by atoms with Gasteiger partial charge in [-0.15, -0.1) is 0 Å². The first-order valence-corrected chi connectivity index (χ1v) is 6.73. The van der Waals surface area contributed by atoms with Crippen LogP contribution in [0.2, 0.25) is 0 Å². The highest BCUT2D eigenvalue weighted by Crippen LogP contribution is 2.20. The van der Waals surface area contributed by atoms with Crippen LogP contribution in [-0.4, -0.2) is 30.7 Å². The van der Waals surface area contributed by atoms with Gasteiger partial charge >= 0.3 is 0 Å².